The minimum atomic E-state index is -0.295. The number of urea groups is 1. The molecular formula is C20H30N2O6. The summed E-state index contributed by atoms with van der Waals surface area (Å²) in [5.41, 5.74) is 1.44. The first-order chi connectivity index (χ1) is 13.8. The standard InChI is InChI=1S/C20H30N2O6/c1-3-18-4-6-19(7-5-18)22-20(23)21-8-9-25-12-13-27-16-17-28-15-14-26-11-10-24-2/h1,4-7H,8-17H2,2H3,(H2,21,22,23). The van der Waals surface area contributed by atoms with Crippen LogP contribution in [0, 0.1) is 12.3 Å². The van der Waals surface area contributed by atoms with Crippen molar-refractivity contribution in [3.05, 3.63) is 29.8 Å². The number of nitrogens with one attached hydrogen (secondary N) is 2. The van der Waals surface area contributed by atoms with Gasteiger partial charge in [0, 0.05) is 24.9 Å². The van der Waals surface area contributed by atoms with E-state index < -0.39 is 0 Å². The van der Waals surface area contributed by atoms with Gasteiger partial charge in [-0.2, -0.15) is 0 Å². The van der Waals surface area contributed by atoms with Crippen LogP contribution in [-0.4, -0.2) is 79.1 Å². The maximum Gasteiger partial charge on any atom is 0.319 e. The molecule has 1 aromatic rings. The summed E-state index contributed by atoms with van der Waals surface area (Å²) >= 11 is 0. The number of hydrogen-bond acceptors (Lipinski definition) is 6. The van der Waals surface area contributed by atoms with Crippen LogP contribution in [0.3, 0.4) is 0 Å². The lowest BCUT2D eigenvalue weighted by Crippen LogP contribution is -2.31. The molecule has 8 heteroatoms. The Morgan fingerprint density at radius 3 is 1.86 bits per heavy atom. The summed E-state index contributed by atoms with van der Waals surface area (Å²) in [5, 5.41) is 5.42. The van der Waals surface area contributed by atoms with Gasteiger partial charge in [0.2, 0.25) is 0 Å². The van der Waals surface area contributed by atoms with Gasteiger partial charge in [-0.15, -0.1) is 6.42 Å². The molecule has 0 fully saturated rings. The van der Waals surface area contributed by atoms with Crippen molar-refractivity contribution in [1.82, 2.24) is 5.32 Å². The van der Waals surface area contributed by atoms with Crippen molar-refractivity contribution in [1.29, 1.82) is 0 Å². The third-order valence-electron chi connectivity index (χ3n) is 3.39. The molecule has 156 valence electrons. The molecule has 0 saturated heterocycles. The average molecular weight is 394 g/mol. The SMILES string of the molecule is C#Cc1ccc(NC(=O)NCCOCCOCCOCCOCCOC)cc1. The number of carbonyl (C=O) groups excluding carboxylic acids is 1. The van der Waals surface area contributed by atoms with Crippen molar-refractivity contribution in [3.8, 4) is 12.3 Å². The summed E-state index contributed by atoms with van der Waals surface area (Å²) < 4.78 is 26.2. The number of carbonyl (C=O) groups is 1. The first kappa shape index (κ1) is 23.9. The van der Waals surface area contributed by atoms with Gasteiger partial charge in [0.1, 0.15) is 0 Å². The maximum atomic E-state index is 11.7. The summed E-state index contributed by atoms with van der Waals surface area (Å²) in [6, 6.07) is 6.74. The van der Waals surface area contributed by atoms with E-state index >= 15 is 0 Å². The average Bonchev–Trinajstić information content (AvgIpc) is 2.71. The minimum Gasteiger partial charge on any atom is -0.382 e. The van der Waals surface area contributed by atoms with Crippen LogP contribution in [0.5, 0.6) is 0 Å². The fourth-order valence-electron chi connectivity index (χ4n) is 1.97. The lowest BCUT2D eigenvalue weighted by molar-refractivity contribution is -0.00737. The van der Waals surface area contributed by atoms with Crippen LogP contribution in [0.2, 0.25) is 0 Å². The molecule has 1 aromatic carbocycles. The fraction of sp³-hybridized carbons (Fsp3) is 0.550. The second-order valence-electron chi connectivity index (χ2n) is 5.54. The van der Waals surface area contributed by atoms with Crippen molar-refractivity contribution in [2.75, 3.05) is 78.4 Å². The number of terminal acetylenes is 1. The molecule has 0 spiro atoms. The number of rotatable bonds is 16. The number of anilines is 1. The Bertz CT molecular complexity index is 559. The molecule has 0 aromatic heterocycles. The highest BCUT2D eigenvalue weighted by Gasteiger charge is 2.00. The first-order valence-corrected chi connectivity index (χ1v) is 9.17. The number of hydrogen-bond donors (Lipinski definition) is 2. The molecule has 2 N–H and O–H groups in total. The Labute approximate surface area is 166 Å². The lowest BCUT2D eigenvalue weighted by atomic mass is 10.2. The van der Waals surface area contributed by atoms with Crippen molar-refractivity contribution >= 4 is 11.7 Å². The molecule has 0 saturated carbocycles. The molecule has 2 amide bonds. The molecule has 0 bridgehead atoms. The predicted octanol–water partition coefficient (Wildman–Crippen LogP) is 1.50. The predicted molar refractivity (Wildman–Crippen MR) is 107 cm³/mol. The van der Waals surface area contributed by atoms with Crippen molar-refractivity contribution < 1.29 is 28.5 Å². The van der Waals surface area contributed by atoms with Gasteiger partial charge in [0.25, 0.3) is 0 Å². The Hall–Kier alpha value is -2.15. The molecule has 28 heavy (non-hydrogen) atoms. The zero-order valence-corrected chi connectivity index (χ0v) is 16.4. The Morgan fingerprint density at radius 2 is 1.36 bits per heavy atom. The van der Waals surface area contributed by atoms with Crippen LogP contribution in [0.1, 0.15) is 5.56 Å². The van der Waals surface area contributed by atoms with Crippen LogP contribution in [0.15, 0.2) is 24.3 Å². The zero-order chi connectivity index (χ0) is 20.3. The van der Waals surface area contributed by atoms with Gasteiger partial charge in [-0.1, -0.05) is 5.92 Å². The number of ether oxygens (including phenoxy) is 5. The lowest BCUT2D eigenvalue weighted by Gasteiger charge is -2.09. The number of methoxy groups -OCH3 is 1. The monoisotopic (exact) mass is 394 g/mol. The highest BCUT2D eigenvalue weighted by molar-refractivity contribution is 5.89. The first-order valence-electron chi connectivity index (χ1n) is 9.17. The van der Waals surface area contributed by atoms with Crippen molar-refractivity contribution in [3.63, 3.8) is 0 Å². The number of benzene rings is 1. The van der Waals surface area contributed by atoms with E-state index in [-0.39, 0.29) is 6.03 Å². The van der Waals surface area contributed by atoms with Gasteiger partial charge in [-0.05, 0) is 24.3 Å². The summed E-state index contributed by atoms with van der Waals surface area (Å²) in [4.78, 5) is 11.7. The van der Waals surface area contributed by atoms with Gasteiger partial charge in [-0.3, -0.25) is 0 Å². The molecule has 8 nitrogen and oxygen atoms in total. The molecule has 0 aliphatic rings. The summed E-state index contributed by atoms with van der Waals surface area (Å²) in [6.07, 6.45) is 5.28. The van der Waals surface area contributed by atoms with Crippen molar-refractivity contribution in [2.45, 2.75) is 0 Å². The van der Waals surface area contributed by atoms with Crippen LogP contribution in [0.25, 0.3) is 0 Å². The van der Waals surface area contributed by atoms with Gasteiger partial charge in [-0.25, -0.2) is 4.79 Å². The summed E-state index contributed by atoms with van der Waals surface area (Å²) in [5.74, 6) is 2.52. The van der Waals surface area contributed by atoms with Crippen LogP contribution in [0.4, 0.5) is 10.5 Å². The molecule has 0 radical (unpaired) electrons. The maximum absolute atomic E-state index is 11.7. The summed E-state index contributed by atoms with van der Waals surface area (Å²) in [6.45, 7) is 4.99. The third-order valence-corrected chi connectivity index (χ3v) is 3.39. The minimum absolute atomic E-state index is 0.295. The summed E-state index contributed by atoms with van der Waals surface area (Å²) in [7, 11) is 1.64. The molecule has 0 aliphatic carbocycles. The van der Waals surface area contributed by atoms with Gasteiger partial charge >= 0.3 is 6.03 Å². The van der Waals surface area contributed by atoms with E-state index in [1.165, 1.54) is 0 Å². The fourth-order valence-corrected chi connectivity index (χ4v) is 1.97. The van der Waals surface area contributed by atoms with Gasteiger partial charge in [0.15, 0.2) is 0 Å². The smallest absolute Gasteiger partial charge is 0.319 e. The van der Waals surface area contributed by atoms with Crippen LogP contribution >= 0.6 is 0 Å². The molecule has 0 unspecified atom stereocenters. The molecular weight excluding hydrogens is 364 g/mol. The van der Waals surface area contributed by atoms with Crippen molar-refractivity contribution in [2.24, 2.45) is 0 Å². The highest BCUT2D eigenvalue weighted by Crippen LogP contribution is 2.08. The van der Waals surface area contributed by atoms with Crippen LogP contribution < -0.4 is 10.6 Å². The molecule has 0 atom stereocenters. The number of amides is 2. The Balaban J connectivity index is 1.84. The van der Waals surface area contributed by atoms with E-state index in [1.54, 1.807) is 31.4 Å². The van der Waals surface area contributed by atoms with E-state index in [4.69, 9.17) is 30.1 Å². The normalized spacial score (nSPS) is 10.4. The Kier molecular flexibility index (Phi) is 14.5. The molecule has 0 heterocycles. The largest absolute Gasteiger partial charge is 0.382 e. The topological polar surface area (TPSA) is 87.3 Å². The van der Waals surface area contributed by atoms with Crippen LogP contribution in [-0.2, 0) is 23.7 Å². The van der Waals surface area contributed by atoms with E-state index in [1.807, 2.05) is 0 Å². The molecule has 1 rings (SSSR count). The van der Waals surface area contributed by atoms with Gasteiger partial charge in [0.05, 0.1) is 59.5 Å². The third kappa shape index (κ3) is 13.1. The highest BCUT2D eigenvalue weighted by atomic mass is 16.6. The van der Waals surface area contributed by atoms with E-state index in [2.05, 4.69) is 16.6 Å². The van der Waals surface area contributed by atoms with E-state index in [0.717, 1.165) is 5.56 Å². The second-order valence-corrected chi connectivity index (χ2v) is 5.54. The quantitative estimate of drug-likeness (QED) is 0.326. The Morgan fingerprint density at radius 1 is 0.857 bits per heavy atom. The van der Waals surface area contributed by atoms with Gasteiger partial charge < -0.3 is 34.3 Å². The van der Waals surface area contributed by atoms with E-state index in [9.17, 15) is 4.79 Å². The molecule has 0 aliphatic heterocycles. The van der Waals surface area contributed by atoms with E-state index in [0.29, 0.717) is 71.7 Å². The second kappa shape index (κ2) is 17.0. The zero-order valence-electron chi connectivity index (χ0n) is 16.4.